The number of methoxy groups -OCH3 is 2. The molecule has 1 atom stereocenters. The van der Waals surface area contributed by atoms with Gasteiger partial charge in [0.05, 0.1) is 38.1 Å². The number of aromatic nitrogens is 4. The summed E-state index contributed by atoms with van der Waals surface area (Å²) in [5.74, 6) is 2.00. The normalized spacial score (nSPS) is 16.2. The summed E-state index contributed by atoms with van der Waals surface area (Å²) in [7, 11) is 3.19. The SMILES string of the molecule is COc1ccc(CC(=O)N2CCC[C@@H]2Cn2nnc(-c3cccs3)n2)cc1OC. The van der Waals surface area contributed by atoms with Gasteiger partial charge in [0.25, 0.3) is 0 Å². The summed E-state index contributed by atoms with van der Waals surface area (Å²) < 4.78 is 10.6. The van der Waals surface area contributed by atoms with Crippen molar-refractivity contribution in [2.24, 2.45) is 0 Å². The third-order valence-corrected chi connectivity index (χ3v) is 5.94. The third kappa shape index (κ3) is 4.24. The lowest BCUT2D eigenvalue weighted by molar-refractivity contribution is -0.131. The van der Waals surface area contributed by atoms with E-state index >= 15 is 0 Å². The highest BCUT2D eigenvalue weighted by atomic mass is 32.1. The third-order valence-electron chi connectivity index (χ3n) is 5.07. The molecule has 3 heterocycles. The van der Waals surface area contributed by atoms with Gasteiger partial charge in [0, 0.05) is 6.54 Å². The number of nitrogens with zero attached hydrogens (tertiary/aromatic N) is 5. The second kappa shape index (κ2) is 8.60. The van der Waals surface area contributed by atoms with Crippen LogP contribution in [0.15, 0.2) is 35.7 Å². The summed E-state index contributed by atoms with van der Waals surface area (Å²) >= 11 is 1.58. The molecule has 1 fully saturated rings. The van der Waals surface area contributed by atoms with E-state index in [1.807, 2.05) is 40.6 Å². The molecule has 1 aliphatic heterocycles. The molecule has 0 unspecified atom stereocenters. The van der Waals surface area contributed by atoms with Gasteiger partial charge < -0.3 is 14.4 Å². The van der Waals surface area contributed by atoms with Gasteiger partial charge in [0.15, 0.2) is 11.5 Å². The van der Waals surface area contributed by atoms with E-state index in [0.717, 1.165) is 29.8 Å². The number of likely N-dealkylation sites (tertiary alicyclic amines) is 1. The minimum Gasteiger partial charge on any atom is -0.493 e. The first-order valence-electron chi connectivity index (χ1n) is 9.50. The first kappa shape index (κ1) is 19.4. The number of hydrogen-bond donors (Lipinski definition) is 0. The number of ether oxygens (including phenoxy) is 2. The highest BCUT2D eigenvalue weighted by Crippen LogP contribution is 2.28. The van der Waals surface area contributed by atoms with E-state index in [1.165, 1.54) is 0 Å². The largest absolute Gasteiger partial charge is 0.493 e. The summed E-state index contributed by atoms with van der Waals surface area (Å²) in [6.45, 7) is 1.30. The molecule has 0 saturated carbocycles. The van der Waals surface area contributed by atoms with Crippen LogP contribution in [0.1, 0.15) is 18.4 Å². The second-order valence-corrected chi connectivity index (χ2v) is 7.84. The van der Waals surface area contributed by atoms with Crippen LogP contribution in [0.2, 0.25) is 0 Å². The molecule has 1 aliphatic rings. The Morgan fingerprint density at radius 2 is 2.10 bits per heavy atom. The maximum atomic E-state index is 13.0. The van der Waals surface area contributed by atoms with Gasteiger partial charge in [-0.05, 0) is 47.2 Å². The fourth-order valence-corrected chi connectivity index (χ4v) is 4.28. The lowest BCUT2D eigenvalue weighted by Gasteiger charge is -2.24. The molecule has 0 N–H and O–H groups in total. The number of carbonyl (C=O) groups excluding carboxylic acids is 1. The standard InChI is InChI=1S/C20H23N5O3S/c1-27-16-8-7-14(11-17(16)28-2)12-19(26)24-9-3-5-15(24)13-25-22-20(21-23-25)18-6-4-10-29-18/h4,6-8,10-11,15H,3,5,9,12-13H2,1-2H3/t15-/m1/s1. The van der Waals surface area contributed by atoms with Crippen molar-refractivity contribution in [1.29, 1.82) is 0 Å². The van der Waals surface area contributed by atoms with Crippen LogP contribution in [0.25, 0.3) is 10.7 Å². The molecular formula is C20H23N5O3S. The van der Waals surface area contributed by atoms with E-state index in [0.29, 0.717) is 30.3 Å². The molecule has 0 spiro atoms. The Kier molecular flexibility index (Phi) is 5.75. The highest BCUT2D eigenvalue weighted by molar-refractivity contribution is 7.13. The van der Waals surface area contributed by atoms with Crippen LogP contribution >= 0.6 is 11.3 Å². The molecule has 3 aromatic rings. The van der Waals surface area contributed by atoms with Crippen LogP contribution in [0.5, 0.6) is 11.5 Å². The van der Waals surface area contributed by atoms with Crippen LogP contribution < -0.4 is 9.47 Å². The van der Waals surface area contributed by atoms with Crippen molar-refractivity contribution in [3.05, 3.63) is 41.3 Å². The number of carbonyl (C=O) groups is 1. The molecule has 152 valence electrons. The van der Waals surface area contributed by atoms with Gasteiger partial charge >= 0.3 is 0 Å². The summed E-state index contributed by atoms with van der Waals surface area (Å²) in [5, 5.41) is 14.8. The Morgan fingerprint density at radius 1 is 1.24 bits per heavy atom. The van der Waals surface area contributed by atoms with Gasteiger partial charge in [-0.3, -0.25) is 4.79 Å². The van der Waals surface area contributed by atoms with Crippen molar-refractivity contribution in [3.8, 4) is 22.2 Å². The Hall–Kier alpha value is -2.94. The minimum atomic E-state index is 0.0769. The van der Waals surface area contributed by atoms with E-state index in [1.54, 1.807) is 30.4 Å². The van der Waals surface area contributed by atoms with Gasteiger partial charge in [-0.1, -0.05) is 12.1 Å². The monoisotopic (exact) mass is 413 g/mol. The van der Waals surface area contributed by atoms with Crippen molar-refractivity contribution in [2.75, 3.05) is 20.8 Å². The lowest BCUT2D eigenvalue weighted by Crippen LogP contribution is -2.39. The molecule has 1 amide bonds. The van der Waals surface area contributed by atoms with Crippen LogP contribution in [-0.2, 0) is 17.8 Å². The molecule has 0 aliphatic carbocycles. The average Bonchev–Trinajstić information content (AvgIpc) is 3.49. The van der Waals surface area contributed by atoms with Crippen molar-refractivity contribution < 1.29 is 14.3 Å². The summed E-state index contributed by atoms with van der Waals surface area (Å²) in [5.41, 5.74) is 0.900. The number of thiophene rings is 1. The van der Waals surface area contributed by atoms with Gasteiger partial charge in [-0.15, -0.1) is 21.5 Å². The first-order chi connectivity index (χ1) is 14.2. The maximum absolute atomic E-state index is 13.0. The molecule has 1 aromatic carbocycles. The Balaban J connectivity index is 1.42. The van der Waals surface area contributed by atoms with Gasteiger partial charge in [0.1, 0.15) is 0 Å². The molecule has 0 radical (unpaired) electrons. The van der Waals surface area contributed by atoms with Crippen molar-refractivity contribution in [1.82, 2.24) is 25.1 Å². The Bertz CT molecular complexity index is 972. The zero-order valence-electron chi connectivity index (χ0n) is 16.4. The highest BCUT2D eigenvalue weighted by Gasteiger charge is 2.29. The molecular weight excluding hydrogens is 390 g/mol. The number of amides is 1. The molecule has 0 bridgehead atoms. The molecule has 1 saturated heterocycles. The van der Waals surface area contributed by atoms with Crippen LogP contribution in [-0.4, -0.2) is 57.8 Å². The first-order valence-corrected chi connectivity index (χ1v) is 10.4. The zero-order chi connectivity index (χ0) is 20.2. The van der Waals surface area contributed by atoms with Crippen LogP contribution in [0.3, 0.4) is 0 Å². The van der Waals surface area contributed by atoms with E-state index in [4.69, 9.17) is 9.47 Å². The van der Waals surface area contributed by atoms with Crippen LogP contribution in [0.4, 0.5) is 0 Å². The lowest BCUT2D eigenvalue weighted by atomic mass is 10.1. The van der Waals surface area contributed by atoms with Crippen LogP contribution in [0, 0.1) is 0 Å². The van der Waals surface area contributed by atoms with E-state index in [9.17, 15) is 4.79 Å². The number of benzene rings is 1. The fourth-order valence-electron chi connectivity index (χ4n) is 3.63. The fraction of sp³-hybridized carbons (Fsp3) is 0.400. The predicted molar refractivity (Wildman–Crippen MR) is 109 cm³/mol. The van der Waals surface area contributed by atoms with Gasteiger partial charge in [-0.25, -0.2) is 0 Å². The molecule has 4 rings (SSSR count). The van der Waals surface area contributed by atoms with E-state index in [-0.39, 0.29) is 11.9 Å². The summed E-state index contributed by atoms with van der Waals surface area (Å²) in [6.07, 6.45) is 2.24. The van der Waals surface area contributed by atoms with E-state index in [2.05, 4.69) is 15.4 Å². The van der Waals surface area contributed by atoms with Crippen molar-refractivity contribution in [2.45, 2.75) is 31.8 Å². The van der Waals surface area contributed by atoms with E-state index < -0.39 is 0 Å². The molecule has 2 aromatic heterocycles. The van der Waals surface area contributed by atoms with Crippen molar-refractivity contribution in [3.63, 3.8) is 0 Å². The average molecular weight is 414 g/mol. The van der Waals surface area contributed by atoms with Crippen molar-refractivity contribution >= 4 is 17.2 Å². The quantitative estimate of drug-likeness (QED) is 0.592. The van der Waals surface area contributed by atoms with Gasteiger partial charge in [-0.2, -0.15) is 4.80 Å². The number of hydrogen-bond acceptors (Lipinski definition) is 7. The summed E-state index contributed by atoms with van der Waals surface area (Å²) in [6, 6.07) is 9.60. The maximum Gasteiger partial charge on any atom is 0.227 e. The Morgan fingerprint density at radius 3 is 2.86 bits per heavy atom. The zero-order valence-corrected chi connectivity index (χ0v) is 17.3. The number of rotatable bonds is 7. The smallest absolute Gasteiger partial charge is 0.227 e. The van der Waals surface area contributed by atoms with Gasteiger partial charge in [0.2, 0.25) is 11.7 Å². The number of tetrazole rings is 1. The summed E-state index contributed by atoms with van der Waals surface area (Å²) in [4.78, 5) is 17.5. The molecule has 9 heteroatoms. The topological polar surface area (TPSA) is 82.4 Å². The minimum absolute atomic E-state index is 0.0769. The Labute approximate surface area is 173 Å². The second-order valence-electron chi connectivity index (χ2n) is 6.89. The molecule has 29 heavy (non-hydrogen) atoms. The molecule has 8 nitrogen and oxygen atoms in total. The predicted octanol–water partition coefficient (Wildman–Crippen LogP) is 2.65.